The molecule has 0 fully saturated rings. The molecule has 0 spiro atoms. The molecule has 0 radical (unpaired) electrons. The molecule has 19 heavy (non-hydrogen) atoms. The van der Waals surface area contributed by atoms with Gasteiger partial charge >= 0.3 is 6.18 Å². The lowest BCUT2D eigenvalue weighted by atomic mass is 10.2. The first-order valence-electron chi connectivity index (χ1n) is 5.07. The van der Waals surface area contributed by atoms with Gasteiger partial charge in [0.2, 0.25) is 0 Å². The van der Waals surface area contributed by atoms with E-state index in [9.17, 15) is 31.7 Å². The summed E-state index contributed by atoms with van der Waals surface area (Å²) in [7, 11) is -3.92. The lowest BCUT2D eigenvalue weighted by Crippen LogP contribution is -2.16. The van der Waals surface area contributed by atoms with Crippen LogP contribution in [-0.4, -0.2) is 18.6 Å². The third-order valence-corrected chi connectivity index (χ3v) is 4.57. The molecular formula is C10H10F3NO4S. The number of alkyl halides is 3. The molecule has 0 aliphatic rings. The van der Waals surface area contributed by atoms with Crippen molar-refractivity contribution < 1.29 is 26.5 Å². The Labute approximate surface area is 107 Å². The van der Waals surface area contributed by atoms with E-state index in [0.29, 0.717) is 12.1 Å². The third-order valence-electron chi connectivity index (χ3n) is 2.42. The number of rotatable bonds is 3. The van der Waals surface area contributed by atoms with Crippen LogP contribution in [0.2, 0.25) is 0 Å². The third kappa shape index (κ3) is 3.03. The first-order chi connectivity index (χ1) is 8.48. The Morgan fingerprint density at radius 1 is 1.26 bits per heavy atom. The van der Waals surface area contributed by atoms with Gasteiger partial charge in [0.15, 0.2) is 9.84 Å². The van der Waals surface area contributed by atoms with E-state index in [-0.39, 0.29) is 0 Å². The normalized spacial score (nSPS) is 12.7. The first-order valence-corrected chi connectivity index (χ1v) is 6.62. The highest BCUT2D eigenvalue weighted by molar-refractivity contribution is 7.92. The maximum Gasteiger partial charge on any atom is 0.423 e. The van der Waals surface area contributed by atoms with Crippen molar-refractivity contribution in [3.8, 4) is 0 Å². The van der Waals surface area contributed by atoms with Crippen molar-refractivity contribution in [1.29, 1.82) is 0 Å². The Balaban J connectivity index is 3.57. The fourth-order valence-corrected chi connectivity index (χ4v) is 2.43. The Morgan fingerprint density at radius 2 is 1.79 bits per heavy atom. The Kier molecular flexibility index (Phi) is 3.89. The minimum atomic E-state index is -5.00. The second-order valence-electron chi connectivity index (χ2n) is 4.03. The highest BCUT2D eigenvalue weighted by Gasteiger charge is 2.39. The maximum atomic E-state index is 12.7. The Hall–Kier alpha value is -1.64. The topological polar surface area (TPSA) is 77.3 Å². The van der Waals surface area contributed by atoms with Crippen molar-refractivity contribution in [3.05, 3.63) is 33.9 Å². The number of halogens is 3. The minimum Gasteiger partial charge on any atom is -0.258 e. The fraction of sp³-hybridized carbons (Fsp3) is 0.400. The van der Waals surface area contributed by atoms with Gasteiger partial charge in [0.05, 0.1) is 15.1 Å². The Bertz CT molecular complexity index is 608. The van der Waals surface area contributed by atoms with Gasteiger partial charge in [0.25, 0.3) is 5.69 Å². The van der Waals surface area contributed by atoms with Crippen molar-refractivity contribution in [2.45, 2.75) is 30.2 Å². The smallest absolute Gasteiger partial charge is 0.258 e. The van der Waals surface area contributed by atoms with Crippen LogP contribution < -0.4 is 0 Å². The molecular weight excluding hydrogens is 287 g/mol. The van der Waals surface area contributed by atoms with E-state index in [1.54, 1.807) is 0 Å². The summed E-state index contributed by atoms with van der Waals surface area (Å²) in [4.78, 5) is 8.74. The summed E-state index contributed by atoms with van der Waals surface area (Å²) in [6.07, 6.45) is -5.00. The van der Waals surface area contributed by atoms with Crippen LogP contribution in [-0.2, 0) is 16.0 Å². The molecule has 0 atom stereocenters. The van der Waals surface area contributed by atoms with Crippen LogP contribution in [0.25, 0.3) is 0 Å². The van der Waals surface area contributed by atoms with Crippen molar-refractivity contribution in [2.75, 3.05) is 0 Å². The predicted molar refractivity (Wildman–Crippen MR) is 60.4 cm³/mol. The van der Waals surface area contributed by atoms with Gasteiger partial charge in [-0.25, -0.2) is 8.42 Å². The fourth-order valence-electron chi connectivity index (χ4n) is 1.35. The zero-order valence-electron chi connectivity index (χ0n) is 9.93. The van der Waals surface area contributed by atoms with Crippen LogP contribution in [0.15, 0.2) is 23.1 Å². The van der Waals surface area contributed by atoms with Gasteiger partial charge in [0.1, 0.15) is 5.56 Å². The molecule has 0 unspecified atom stereocenters. The molecule has 0 amide bonds. The summed E-state index contributed by atoms with van der Waals surface area (Å²) >= 11 is 0. The van der Waals surface area contributed by atoms with Gasteiger partial charge in [-0.1, -0.05) is 0 Å². The van der Waals surface area contributed by atoms with E-state index >= 15 is 0 Å². The molecule has 0 N–H and O–H groups in total. The molecule has 0 aromatic heterocycles. The largest absolute Gasteiger partial charge is 0.423 e. The standard InChI is InChI=1S/C10H10F3NO4S/c1-6(2)19(17,18)7-3-4-9(14(15)16)8(5-7)10(11,12)13/h3-6H,1-2H3. The average Bonchev–Trinajstić information content (AvgIpc) is 2.26. The van der Waals surface area contributed by atoms with E-state index in [0.717, 1.165) is 6.07 Å². The molecule has 0 heterocycles. The number of nitrogens with zero attached hydrogens (tertiary/aromatic N) is 1. The van der Waals surface area contributed by atoms with Crippen molar-refractivity contribution in [2.24, 2.45) is 0 Å². The van der Waals surface area contributed by atoms with E-state index in [1.807, 2.05) is 0 Å². The van der Waals surface area contributed by atoms with E-state index in [4.69, 9.17) is 0 Å². The molecule has 0 aliphatic heterocycles. The van der Waals surface area contributed by atoms with Gasteiger partial charge < -0.3 is 0 Å². The molecule has 9 heteroatoms. The molecule has 5 nitrogen and oxygen atoms in total. The van der Waals surface area contributed by atoms with Gasteiger partial charge in [-0.15, -0.1) is 0 Å². The number of hydrogen-bond acceptors (Lipinski definition) is 4. The van der Waals surface area contributed by atoms with Gasteiger partial charge in [-0.05, 0) is 26.0 Å². The SMILES string of the molecule is CC(C)S(=O)(=O)c1ccc([N+](=O)[O-])c(C(F)(F)F)c1. The summed E-state index contributed by atoms with van der Waals surface area (Å²) in [5, 5.41) is 9.60. The lowest BCUT2D eigenvalue weighted by Gasteiger charge is -2.11. The molecule has 0 saturated carbocycles. The quantitative estimate of drug-likeness (QED) is 0.635. The number of sulfone groups is 1. The van der Waals surface area contributed by atoms with Gasteiger partial charge in [-0.3, -0.25) is 10.1 Å². The summed E-state index contributed by atoms with van der Waals surface area (Å²) in [6.45, 7) is 2.62. The van der Waals surface area contributed by atoms with E-state index < -0.39 is 42.3 Å². The second kappa shape index (κ2) is 4.80. The van der Waals surface area contributed by atoms with Crippen LogP contribution in [0.5, 0.6) is 0 Å². The highest BCUT2D eigenvalue weighted by atomic mass is 32.2. The van der Waals surface area contributed by atoms with E-state index in [2.05, 4.69) is 0 Å². The van der Waals surface area contributed by atoms with E-state index in [1.165, 1.54) is 13.8 Å². The monoisotopic (exact) mass is 297 g/mol. The van der Waals surface area contributed by atoms with Crippen molar-refractivity contribution in [3.63, 3.8) is 0 Å². The van der Waals surface area contributed by atoms with Crippen LogP contribution in [0.4, 0.5) is 18.9 Å². The highest BCUT2D eigenvalue weighted by Crippen LogP contribution is 2.37. The number of nitro benzene ring substituents is 1. The molecule has 0 aliphatic carbocycles. The summed E-state index contributed by atoms with van der Waals surface area (Å²) in [5.41, 5.74) is -2.74. The van der Waals surface area contributed by atoms with Crippen LogP contribution in [0.1, 0.15) is 19.4 Å². The number of benzene rings is 1. The van der Waals surface area contributed by atoms with Crippen molar-refractivity contribution >= 4 is 15.5 Å². The van der Waals surface area contributed by atoms with Gasteiger partial charge in [-0.2, -0.15) is 13.2 Å². The lowest BCUT2D eigenvalue weighted by molar-refractivity contribution is -0.388. The van der Waals surface area contributed by atoms with Crippen LogP contribution in [0, 0.1) is 10.1 Å². The zero-order valence-corrected chi connectivity index (χ0v) is 10.7. The second-order valence-corrected chi connectivity index (χ2v) is 6.53. The number of nitro groups is 1. The van der Waals surface area contributed by atoms with Crippen LogP contribution in [0.3, 0.4) is 0 Å². The molecule has 1 aromatic carbocycles. The minimum absolute atomic E-state index is 0.299. The average molecular weight is 297 g/mol. The summed E-state index contributed by atoms with van der Waals surface area (Å²) < 4.78 is 61.5. The van der Waals surface area contributed by atoms with Gasteiger partial charge in [0, 0.05) is 6.07 Å². The summed E-state index contributed by atoms with van der Waals surface area (Å²) in [5.74, 6) is 0. The zero-order chi connectivity index (χ0) is 15.0. The van der Waals surface area contributed by atoms with Crippen LogP contribution >= 0.6 is 0 Å². The molecule has 106 valence electrons. The number of hydrogen-bond donors (Lipinski definition) is 0. The molecule has 0 bridgehead atoms. The maximum absolute atomic E-state index is 12.7. The molecule has 1 rings (SSSR count). The molecule has 0 saturated heterocycles. The predicted octanol–water partition coefficient (Wildman–Crippen LogP) is 2.80. The summed E-state index contributed by atoms with van der Waals surface area (Å²) in [6, 6.07) is 1.66. The Morgan fingerprint density at radius 3 is 2.16 bits per heavy atom. The molecule has 1 aromatic rings. The first kappa shape index (κ1) is 15.4. The van der Waals surface area contributed by atoms with Crippen molar-refractivity contribution in [1.82, 2.24) is 0 Å².